The number of carbonyl (C=O) groups excluding carboxylic acids is 2. The Morgan fingerprint density at radius 3 is 2.50 bits per heavy atom. The van der Waals surface area contributed by atoms with Crippen molar-refractivity contribution in [3.05, 3.63) is 83.4 Å². The monoisotopic (exact) mass is 435 g/mol. The molecule has 5 heteroatoms. The number of hydrogen-bond donors (Lipinski definition) is 1. The third-order valence-corrected chi connectivity index (χ3v) is 6.24. The molecule has 3 atom stereocenters. The molecule has 5 nitrogen and oxygen atoms in total. The summed E-state index contributed by atoms with van der Waals surface area (Å²) in [5.41, 5.74) is 2.86. The molecule has 0 aromatic heterocycles. The third-order valence-electron chi connectivity index (χ3n) is 6.24. The predicted molar refractivity (Wildman–Crippen MR) is 125 cm³/mol. The average molecular weight is 436 g/mol. The zero-order valence-corrected chi connectivity index (χ0v) is 18.9. The van der Waals surface area contributed by atoms with Crippen LogP contribution in [0.2, 0.25) is 0 Å². The first-order chi connectivity index (χ1) is 15.5. The quantitative estimate of drug-likeness (QED) is 0.449. The van der Waals surface area contributed by atoms with E-state index in [1.54, 1.807) is 12.1 Å². The van der Waals surface area contributed by atoms with Crippen LogP contribution in [0.15, 0.2) is 66.7 Å². The molecular formula is C27H33NO4. The number of aryl methyl sites for hydroxylation is 1. The molecule has 0 saturated carbocycles. The van der Waals surface area contributed by atoms with Crippen LogP contribution in [0.3, 0.4) is 0 Å². The lowest BCUT2D eigenvalue weighted by atomic mass is 9.95. The van der Waals surface area contributed by atoms with Crippen LogP contribution in [0, 0.1) is 5.92 Å². The summed E-state index contributed by atoms with van der Waals surface area (Å²) in [4.78, 5) is 25.9. The summed E-state index contributed by atoms with van der Waals surface area (Å²) in [6, 6.07) is 17.6. The highest BCUT2D eigenvalue weighted by Crippen LogP contribution is 2.22. The second-order valence-corrected chi connectivity index (χ2v) is 8.51. The summed E-state index contributed by atoms with van der Waals surface area (Å²) in [6.07, 6.45) is 7.21. The van der Waals surface area contributed by atoms with Crippen LogP contribution >= 0.6 is 0 Å². The van der Waals surface area contributed by atoms with Crippen molar-refractivity contribution in [2.24, 2.45) is 5.92 Å². The second kappa shape index (κ2) is 11.6. The molecule has 0 unspecified atom stereocenters. The SMILES string of the molecule is COC(=O)c1ccc(CCN2C(=O)CC[C@@H]2C=C[C@H](O)[C@@H](C)CCc2ccccc2)cc1. The number of carbonyl (C=O) groups is 2. The fourth-order valence-corrected chi connectivity index (χ4v) is 4.06. The van der Waals surface area contributed by atoms with Crippen LogP contribution in [0.5, 0.6) is 0 Å². The van der Waals surface area contributed by atoms with Gasteiger partial charge in [-0.1, -0.05) is 61.5 Å². The van der Waals surface area contributed by atoms with E-state index in [2.05, 4.69) is 19.1 Å². The molecule has 1 aliphatic heterocycles. The van der Waals surface area contributed by atoms with Crippen LogP contribution in [0.4, 0.5) is 0 Å². The Balaban J connectivity index is 1.51. The number of hydrogen-bond acceptors (Lipinski definition) is 4. The molecule has 3 rings (SSSR count). The van der Waals surface area contributed by atoms with Gasteiger partial charge in [-0.3, -0.25) is 4.79 Å². The minimum Gasteiger partial charge on any atom is -0.465 e. The van der Waals surface area contributed by atoms with Crippen molar-refractivity contribution in [3.63, 3.8) is 0 Å². The molecular weight excluding hydrogens is 402 g/mol. The lowest BCUT2D eigenvalue weighted by Gasteiger charge is -2.23. The molecule has 32 heavy (non-hydrogen) atoms. The molecule has 0 radical (unpaired) electrons. The summed E-state index contributed by atoms with van der Waals surface area (Å²) in [5, 5.41) is 10.6. The Hall–Kier alpha value is -2.92. The maximum atomic E-state index is 12.4. The minimum atomic E-state index is -0.526. The molecule has 0 bridgehead atoms. The first kappa shape index (κ1) is 23.7. The van der Waals surface area contributed by atoms with Crippen LogP contribution in [0.1, 0.15) is 47.7 Å². The molecule has 0 spiro atoms. The van der Waals surface area contributed by atoms with Crippen molar-refractivity contribution in [1.29, 1.82) is 0 Å². The van der Waals surface area contributed by atoms with E-state index in [1.165, 1.54) is 12.7 Å². The fraction of sp³-hybridized carbons (Fsp3) is 0.407. The number of benzene rings is 2. The summed E-state index contributed by atoms with van der Waals surface area (Å²) >= 11 is 0. The number of nitrogens with zero attached hydrogens (tertiary/aromatic N) is 1. The average Bonchev–Trinajstić information content (AvgIpc) is 3.19. The largest absolute Gasteiger partial charge is 0.465 e. The molecule has 1 saturated heterocycles. The number of aliphatic hydroxyl groups is 1. The molecule has 1 fully saturated rings. The number of rotatable bonds is 10. The zero-order valence-electron chi connectivity index (χ0n) is 18.9. The van der Waals surface area contributed by atoms with Crippen LogP contribution < -0.4 is 0 Å². The van der Waals surface area contributed by atoms with Crippen molar-refractivity contribution in [1.82, 2.24) is 4.90 Å². The highest BCUT2D eigenvalue weighted by atomic mass is 16.5. The maximum Gasteiger partial charge on any atom is 0.337 e. The lowest BCUT2D eigenvalue weighted by molar-refractivity contribution is -0.128. The van der Waals surface area contributed by atoms with E-state index in [1.807, 2.05) is 47.4 Å². The topological polar surface area (TPSA) is 66.8 Å². The molecule has 2 aromatic rings. The lowest BCUT2D eigenvalue weighted by Crippen LogP contribution is -2.34. The van der Waals surface area contributed by atoms with Crippen molar-refractivity contribution >= 4 is 11.9 Å². The highest BCUT2D eigenvalue weighted by Gasteiger charge is 2.29. The predicted octanol–water partition coefficient (Wildman–Crippen LogP) is 4.19. The fourth-order valence-electron chi connectivity index (χ4n) is 4.06. The van der Waals surface area contributed by atoms with E-state index in [0.717, 1.165) is 24.8 Å². The Morgan fingerprint density at radius 1 is 1.12 bits per heavy atom. The molecule has 0 aliphatic carbocycles. The van der Waals surface area contributed by atoms with Gasteiger partial charge in [0.1, 0.15) is 0 Å². The molecule has 1 N–H and O–H groups in total. The second-order valence-electron chi connectivity index (χ2n) is 8.51. The van der Waals surface area contributed by atoms with Gasteiger partial charge in [0, 0.05) is 13.0 Å². The molecule has 170 valence electrons. The van der Waals surface area contributed by atoms with Gasteiger partial charge in [0.05, 0.1) is 24.8 Å². The summed E-state index contributed by atoms with van der Waals surface area (Å²) in [5.74, 6) is -0.0594. The van der Waals surface area contributed by atoms with Crippen molar-refractivity contribution < 1.29 is 19.4 Å². The van der Waals surface area contributed by atoms with E-state index < -0.39 is 6.10 Å². The van der Waals surface area contributed by atoms with Crippen molar-refractivity contribution in [2.45, 2.75) is 51.2 Å². The van der Waals surface area contributed by atoms with E-state index in [0.29, 0.717) is 24.9 Å². The van der Waals surface area contributed by atoms with Crippen LogP contribution in [-0.2, 0) is 22.4 Å². The highest BCUT2D eigenvalue weighted by molar-refractivity contribution is 5.89. The first-order valence-electron chi connectivity index (χ1n) is 11.3. The number of likely N-dealkylation sites (tertiary alicyclic amines) is 1. The Kier molecular flexibility index (Phi) is 8.63. The van der Waals surface area contributed by atoms with Gasteiger partial charge < -0.3 is 14.7 Å². The Morgan fingerprint density at radius 2 is 1.81 bits per heavy atom. The first-order valence-corrected chi connectivity index (χ1v) is 11.3. The maximum absolute atomic E-state index is 12.4. The number of methoxy groups -OCH3 is 1. The number of amides is 1. The normalized spacial score (nSPS) is 18.2. The van der Waals surface area contributed by atoms with E-state index in [9.17, 15) is 14.7 Å². The van der Waals surface area contributed by atoms with Crippen LogP contribution in [0.25, 0.3) is 0 Å². The van der Waals surface area contributed by atoms with Gasteiger partial charge in [-0.05, 0) is 54.9 Å². The smallest absolute Gasteiger partial charge is 0.337 e. The van der Waals surface area contributed by atoms with Gasteiger partial charge in [0.25, 0.3) is 0 Å². The minimum absolute atomic E-state index is 0.0211. The van der Waals surface area contributed by atoms with Crippen LogP contribution in [-0.4, -0.2) is 47.7 Å². The molecule has 2 aromatic carbocycles. The van der Waals surface area contributed by atoms with Crippen molar-refractivity contribution in [3.8, 4) is 0 Å². The standard InChI is InChI=1S/C27H33NO4/c1-20(8-9-21-6-4-3-5-7-21)25(29)16-14-24-15-17-26(30)28(24)19-18-22-10-12-23(13-11-22)27(31)32-2/h3-7,10-14,16,20,24-25,29H,8-9,15,17-19H2,1-2H3/t20-,24-,25-/m0/s1. The van der Waals surface area contributed by atoms with E-state index in [4.69, 9.17) is 4.74 Å². The van der Waals surface area contributed by atoms with E-state index >= 15 is 0 Å². The van der Waals surface area contributed by atoms with Gasteiger partial charge in [0.2, 0.25) is 5.91 Å². The van der Waals surface area contributed by atoms with Gasteiger partial charge in [0.15, 0.2) is 0 Å². The van der Waals surface area contributed by atoms with Gasteiger partial charge >= 0.3 is 5.97 Å². The van der Waals surface area contributed by atoms with E-state index in [-0.39, 0.29) is 23.8 Å². The van der Waals surface area contributed by atoms with Gasteiger partial charge in [-0.15, -0.1) is 0 Å². The molecule has 1 heterocycles. The number of aliphatic hydroxyl groups excluding tert-OH is 1. The molecule has 1 aliphatic rings. The number of esters is 1. The zero-order chi connectivity index (χ0) is 22.9. The molecule has 1 amide bonds. The van der Waals surface area contributed by atoms with Crippen molar-refractivity contribution in [2.75, 3.05) is 13.7 Å². The number of ether oxygens (including phenoxy) is 1. The third kappa shape index (κ3) is 6.54. The Labute approximate surface area is 190 Å². The van der Waals surface area contributed by atoms with Gasteiger partial charge in [-0.25, -0.2) is 4.79 Å². The van der Waals surface area contributed by atoms with Gasteiger partial charge in [-0.2, -0.15) is 0 Å². The summed E-state index contributed by atoms with van der Waals surface area (Å²) in [6.45, 7) is 2.68. The Bertz CT molecular complexity index is 907. The summed E-state index contributed by atoms with van der Waals surface area (Å²) in [7, 11) is 1.36. The summed E-state index contributed by atoms with van der Waals surface area (Å²) < 4.78 is 4.73.